The zero-order valence-electron chi connectivity index (χ0n) is 7.95. The van der Waals surface area contributed by atoms with Gasteiger partial charge >= 0.3 is 5.97 Å². The van der Waals surface area contributed by atoms with Crippen molar-refractivity contribution < 1.29 is 14.8 Å². The minimum Gasteiger partial charge on any atom is -0.478 e. The van der Waals surface area contributed by atoms with E-state index in [0.717, 1.165) is 0 Å². The van der Waals surface area contributed by atoms with Gasteiger partial charge in [-0.25, -0.2) is 9.78 Å². The Morgan fingerprint density at radius 3 is 2.75 bits per heavy atom. The normalized spacial score (nSPS) is 10.2. The van der Waals surface area contributed by atoms with Crippen LogP contribution in [0.25, 0.3) is 10.9 Å². The number of nitro groups is 1. The molecule has 0 atom stereocenters. The number of pyridine rings is 1. The molecule has 0 aliphatic carbocycles. The number of benzene rings is 1. The van der Waals surface area contributed by atoms with Crippen molar-refractivity contribution in [2.45, 2.75) is 0 Å². The molecule has 0 saturated carbocycles. The van der Waals surface area contributed by atoms with Crippen molar-refractivity contribution in [1.29, 1.82) is 0 Å². The van der Waals surface area contributed by atoms with Gasteiger partial charge in [-0.15, -0.1) is 0 Å². The minimum absolute atomic E-state index is 0.00806. The van der Waals surface area contributed by atoms with Gasteiger partial charge < -0.3 is 5.11 Å². The van der Waals surface area contributed by atoms with Crippen LogP contribution in [0.1, 0.15) is 10.4 Å². The largest absolute Gasteiger partial charge is 0.478 e. The summed E-state index contributed by atoms with van der Waals surface area (Å²) in [7, 11) is 0. The van der Waals surface area contributed by atoms with E-state index >= 15 is 0 Å². The molecule has 0 aliphatic heterocycles. The predicted molar refractivity (Wildman–Crippen MR) is 55.4 cm³/mol. The van der Waals surface area contributed by atoms with Crippen molar-refractivity contribution in [3.8, 4) is 0 Å². The number of fused-ring (bicyclic) bond motifs is 1. The maximum absolute atomic E-state index is 10.9. The Labute approximate surface area is 89.3 Å². The first-order chi connectivity index (χ1) is 7.61. The van der Waals surface area contributed by atoms with Gasteiger partial charge in [-0.3, -0.25) is 10.1 Å². The van der Waals surface area contributed by atoms with E-state index in [-0.39, 0.29) is 22.2 Å². The standard InChI is InChI=1S/C10H6N2O4/c13-10(14)7-4-5-11-9-6(7)2-1-3-8(9)12(15)16/h1-5H,(H,13,14). The summed E-state index contributed by atoms with van der Waals surface area (Å²) in [6, 6.07) is 5.54. The number of aromatic nitrogens is 1. The number of para-hydroxylation sites is 1. The number of hydrogen-bond donors (Lipinski definition) is 1. The van der Waals surface area contributed by atoms with E-state index in [0.29, 0.717) is 0 Å². The second-order valence-corrected chi connectivity index (χ2v) is 3.09. The van der Waals surface area contributed by atoms with Gasteiger partial charge in [-0.2, -0.15) is 0 Å². The fraction of sp³-hybridized carbons (Fsp3) is 0. The molecular formula is C10H6N2O4. The van der Waals surface area contributed by atoms with Crippen LogP contribution in [0.3, 0.4) is 0 Å². The third kappa shape index (κ3) is 1.46. The van der Waals surface area contributed by atoms with Gasteiger partial charge in [-0.1, -0.05) is 12.1 Å². The van der Waals surface area contributed by atoms with Crippen LogP contribution in [-0.2, 0) is 0 Å². The van der Waals surface area contributed by atoms with E-state index in [1.54, 1.807) is 0 Å². The second kappa shape index (κ2) is 3.58. The zero-order valence-corrected chi connectivity index (χ0v) is 7.95. The van der Waals surface area contributed by atoms with Crippen molar-refractivity contribution in [2.24, 2.45) is 0 Å². The molecule has 2 aromatic rings. The molecule has 2 rings (SSSR count). The molecule has 0 saturated heterocycles. The predicted octanol–water partition coefficient (Wildman–Crippen LogP) is 1.84. The quantitative estimate of drug-likeness (QED) is 0.613. The van der Waals surface area contributed by atoms with Gasteiger partial charge in [-0.05, 0) is 6.07 Å². The molecule has 1 aromatic carbocycles. The number of rotatable bonds is 2. The fourth-order valence-corrected chi connectivity index (χ4v) is 1.49. The van der Waals surface area contributed by atoms with Crippen LogP contribution in [0.4, 0.5) is 5.69 Å². The van der Waals surface area contributed by atoms with Crippen LogP contribution in [0.5, 0.6) is 0 Å². The molecule has 0 bridgehead atoms. The Hall–Kier alpha value is -2.50. The highest BCUT2D eigenvalue weighted by Gasteiger charge is 2.16. The van der Waals surface area contributed by atoms with Crippen LogP contribution in [0, 0.1) is 10.1 Å². The average Bonchev–Trinajstić information content (AvgIpc) is 2.27. The van der Waals surface area contributed by atoms with Gasteiger partial charge in [0.15, 0.2) is 0 Å². The summed E-state index contributed by atoms with van der Waals surface area (Å²) in [5.41, 5.74) is -0.0956. The molecule has 0 unspecified atom stereocenters. The molecule has 0 fully saturated rings. The van der Waals surface area contributed by atoms with Crippen LogP contribution in [0.2, 0.25) is 0 Å². The molecule has 0 radical (unpaired) electrons. The number of nitrogens with zero attached hydrogens (tertiary/aromatic N) is 2. The minimum atomic E-state index is -1.13. The van der Waals surface area contributed by atoms with E-state index in [1.807, 2.05) is 0 Å². The van der Waals surface area contributed by atoms with Gasteiger partial charge in [0, 0.05) is 17.6 Å². The maximum Gasteiger partial charge on any atom is 0.336 e. The highest BCUT2D eigenvalue weighted by molar-refractivity contribution is 6.04. The van der Waals surface area contributed by atoms with Crippen molar-refractivity contribution >= 4 is 22.6 Å². The van der Waals surface area contributed by atoms with Gasteiger partial charge in [0.2, 0.25) is 0 Å². The number of carboxylic acid groups (broad SMARTS) is 1. The third-order valence-corrected chi connectivity index (χ3v) is 2.18. The molecule has 80 valence electrons. The summed E-state index contributed by atoms with van der Waals surface area (Å²) in [5.74, 6) is -1.13. The third-order valence-electron chi connectivity index (χ3n) is 2.18. The first-order valence-corrected chi connectivity index (χ1v) is 4.36. The van der Waals surface area contributed by atoms with E-state index in [9.17, 15) is 14.9 Å². The fourth-order valence-electron chi connectivity index (χ4n) is 1.49. The molecule has 0 amide bonds. The molecule has 6 nitrogen and oxygen atoms in total. The molecule has 0 spiro atoms. The van der Waals surface area contributed by atoms with E-state index in [1.165, 1.54) is 30.5 Å². The number of carbonyl (C=O) groups is 1. The monoisotopic (exact) mass is 218 g/mol. The smallest absolute Gasteiger partial charge is 0.336 e. The highest BCUT2D eigenvalue weighted by atomic mass is 16.6. The van der Waals surface area contributed by atoms with Crippen molar-refractivity contribution in [1.82, 2.24) is 4.98 Å². The van der Waals surface area contributed by atoms with E-state index in [2.05, 4.69) is 4.98 Å². The summed E-state index contributed by atoms with van der Waals surface area (Å²) in [6.45, 7) is 0. The molecule has 1 N–H and O–H groups in total. The van der Waals surface area contributed by atoms with Crippen LogP contribution < -0.4 is 0 Å². The lowest BCUT2D eigenvalue weighted by Crippen LogP contribution is -1.99. The molecule has 0 aliphatic rings. The lowest BCUT2D eigenvalue weighted by atomic mass is 10.1. The summed E-state index contributed by atoms with van der Waals surface area (Å²) in [5, 5.41) is 19.9. The highest BCUT2D eigenvalue weighted by Crippen LogP contribution is 2.25. The molecule has 6 heteroatoms. The maximum atomic E-state index is 10.9. The first-order valence-electron chi connectivity index (χ1n) is 4.36. The summed E-state index contributed by atoms with van der Waals surface area (Å²) < 4.78 is 0. The molecule has 1 aromatic heterocycles. The number of hydrogen-bond acceptors (Lipinski definition) is 4. The van der Waals surface area contributed by atoms with Crippen LogP contribution in [0.15, 0.2) is 30.5 Å². The zero-order chi connectivity index (χ0) is 11.7. The molecule has 16 heavy (non-hydrogen) atoms. The summed E-state index contributed by atoms with van der Waals surface area (Å²) in [4.78, 5) is 24.9. The van der Waals surface area contributed by atoms with Crippen molar-refractivity contribution in [3.05, 3.63) is 46.1 Å². The van der Waals surface area contributed by atoms with Crippen LogP contribution in [-0.4, -0.2) is 21.0 Å². The summed E-state index contributed by atoms with van der Waals surface area (Å²) >= 11 is 0. The Balaban J connectivity index is 2.86. The average molecular weight is 218 g/mol. The number of non-ortho nitro benzene ring substituents is 1. The van der Waals surface area contributed by atoms with Gasteiger partial charge in [0.25, 0.3) is 5.69 Å². The Bertz CT molecular complexity index is 541. The molecular weight excluding hydrogens is 212 g/mol. The number of aromatic carboxylic acids is 1. The SMILES string of the molecule is O=C(O)c1ccnc2c([N+](=O)[O-])cccc12. The Morgan fingerprint density at radius 1 is 1.38 bits per heavy atom. The van der Waals surface area contributed by atoms with E-state index in [4.69, 9.17) is 5.11 Å². The Kier molecular flexibility index (Phi) is 2.24. The summed E-state index contributed by atoms with van der Waals surface area (Å²) in [6.07, 6.45) is 1.25. The van der Waals surface area contributed by atoms with Gasteiger partial charge in [0.1, 0.15) is 5.52 Å². The second-order valence-electron chi connectivity index (χ2n) is 3.09. The van der Waals surface area contributed by atoms with E-state index < -0.39 is 10.9 Å². The topological polar surface area (TPSA) is 93.3 Å². The lowest BCUT2D eigenvalue weighted by molar-refractivity contribution is -0.383. The first kappa shape index (κ1) is 10.0. The Morgan fingerprint density at radius 2 is 2.12 bits per heavy atom. The van der Waals surface area contributed by atoms with Crippen LogP contribution >= 0.6 is 0 Å². The van der Waals surface area contributed by atoms with Gasteiger partial charge in [0.05, 0.1) is 10.5 Å². The van der Waals surface area contributed by atoms with Crippen molar-refractivity contribution in [3.63, 3.8) is 0 Å². The van der Waals surface area contributed by atoms with Crippen molar-refractivity contribution in [2.75, 3.05) is 0 Å². The number of carboxylic acids is 1. The lowest BCUT2D eigenvalue weighted by Gasteiger charge is -2.01. The molecule has 1 heterocycles. The number of nitro benzene ring substituents is 1.